The van der Waals surface area contributed by atoms with Gasteiger partial charge in [0.1, 0.15) is 17.8 Å². The molecule has 120 valence electrons. The molecule has 0 aromatic heterocycles. The van der Waals surface area contributed by atoms with Gasteiger partial charge in [0.2, 0.25) is 0 Å². The SMILES string of the molecule is C=C1C(=O)O[C@@H]2C[C@@H](C)[C@@H]3[C@@H](OC(C)=O)C[C@@]4(C)O[C@@]34C[C@H]12. The standard InChI is InChI=1S/C17H22O5/c1-8-5-12-11(9(2)15(19)21-12)6-17-14(8)13(20-10(3)18)7-16(17,4)22-17/h8,11-14H,2,5-7H2,1,3-4H3/t8-,11-,12-,13+,14-,16-,17+/m1/s1. The minimum Gasteiger partial charge on any atom is -0.462 e. The lowest BCUT2D eigenvalue weighted by Gasteiger charge is -2.30. The summed E-state index contributed by atoms with van der Waals surface area (Å²) in [7, 11) is 0. The number of esters is 2. The minimum absolute atomic E-state index is 0.0258. The number of carbonyl (C=O) groups excluding carboxylic acids is 2. The zero-order chi connectivity index (χ0) is 15.9. The summed E-state index contributed by atoms with van der Waals surface area (Å²) in [6.45, 7) is 9.62. The normalized spacial score (nSPS) is 52.2. The predicted molar refractivity (Wildman–Crippen MR) is 76.8 cm³/mol. The van der Waals surface area contributed by atoms with Crippen LogP contribution in [0.25, 0.3) is 0 Å². The summed E-state index contributed by atoms with van der Waals surface area (Å²) < 4.78 is 17.3. The molecular weight excluding hydrogens is 284 g/mol. The fourth-order valence-electron chi connectivity index (χ4n) is 5.35. The van der Waals surface area contributed by atoms with Gasteiger partial charge in [-0.25, -0.2) is 4.79 Å². The summed E-state index contributed by atoms with van der Waals surface area (Å²) in [5, 5.41) is 0. The molecule has 0 radical (unpaired) electrons. The van der Waals surface area contributed by atoms with Gasteiger partial charge in [0, 0.05) is 30.8 Å². The first-order valence-electron chi connectivity index (χ1n) is 8.04. The van der Waals surface area contributed by atoms with Crippen molar-refractivity contribution in [3.05, 3.63) is 12.2 Å². The lowest BCUT2D eigenvalue weighted by atomic mass is 9.78. The van der Waals surface area contributed by atoms with Gasteiger partial charge in [0.15, 0.2) is 0 Å². The molecule has 0 amide bonds. The maximum atomic E-state index is 11.8. The summed E-state index contributed by atoms with van der Waals surface area (Å²) in [6.07, 6.45) is 2.04. The number of hydrogen-bond donors (Lipinski definition) is 0. The Morgan fingerprint density at radius 3 is 2.82 bits per heavy atom. The maximum Gasteiger partial charge on any atom is 0.334 e. The molecule has 2 heterocycles. The van der Waals surface area contributed by atoms with E-state index in [9.17, 15) is 9.59 Å². The number of hydrogen-bond acceptors (Lipinski definition) is 5. The van der Waals surface area contributed by atoms with Crippen LogP contribution in [0.2, 0.25) is 0 Å². The van der Waals surface area contributed by atoms with Crippen molar-refractivity contribution in [2.45, 2.75) is 63.4 Å². The van der Waals surface area contributed by atoms with Crippen LogP contribution in [-0.2, 0) is 23.8 Å². The van der Waals surface area contributed by atoms with E-state index in [2.05, 4.69) is 20.4 Å². The molecule has 4 fully saturated rings. The number of carbonyl (C=O) groups is 2. The third kappa shape index (κ3) is 1.63. The van der Waals surface area contributed by atoms with Gasteiger partial charge >= 0.3 is 11.9 Å². The fourth-order valence-corrected chi connectivity index (χ4v) is 5.35. The van der Waals surface area contributed by atoms with Crippen molar-refractivity contribution in [2.24, 2.45) is 17.8 Å². The van der Waals surface area contributed by atoms with Gasteiger partial charge in [-0.2, -0.15) is 0 Å². The summed E-state index contributed by atoms with van der Waals surface area (Å²) in [4.78, 5) is 23.3. The van der Waals surface area contributed by atoms with Crippen LogP contribution in [0, 0.1) is 17.8 Å². The maximum absolute atomic E-state index is 11.8. The van der Waals surface area contributed by atoms with E-state index in [0.717, 1.165) is 19.3 Å². The van der Waals surface area contributed by atoms with Crippen LogP contribution in [0.15, 0.2) is 12.2 Å². The molecule has 0 aromatic carbocycles. The topological polar surface area (TPSA) is 65.1 Å². The van der Waals surface area contributed by atoms with E-state index in [0.29, 0.717) is 5.57 Å². The highest BCUT2D eigenvalue weighted by Crippen LogP contribution is 2.69. The van der Waals surface area contributed by atoms with Gasteiger partial charge in [-0.1, -0.05) is 13.5 Å². The Bertz CT molecular complexity index is 584. The van der Waals surface area contributed by atoms with Gasteiger partial charge in [-0.3, -0.25) is 4.79 Å². The number of ether oxygens (including phenoxy) is 3. The molecule has 0 N–H and O–H groups in total. The van der Waals surface area contributed by atoms with Crippen molar-refractivity contribution in [1.29, 1.82) is 0 Å². The third-order valence-corrected chi connectivity index (χ3v) is 6.27. The number of epoxide rings is 1. The Labute approximate surface area is 130 Å². The van der Waals surface area contributed by atoms with Crippen LogP contribution < -0.4 is 0 Å². The van der Waals surface area contributed by atoms with Crippen LogP contribution in [0.4, 0.5) is 0 Å². The van der Waals surface area contributed by atoms with E-state index in [1.807, 2.05) is 0 Å². The quantitative estimate of drug-likeness (QED) is 0.421. The van der Waals surface area contributed by atoms with E-state index in [1.54, 1.807) is 0 Å². The van der Waals surface area contributed by atoms with E-state index < -0.39 is 0 Å². The third-order valence-electron chi connectivity index (χ3n) is 6.27. The molecule has 5 heteroatoms. The molecule has 2 saturated carbocycles. The first kappa shape index (κ1) is 14.2. The summed E-state index contributed by atoms with van der Waals surface area (Å²) in [5.41, 5.74) is 0.0106. The average molecular weight is 306 g/mol. The van der Waals surface area contributed by atoms with Crippen molar-refractivity contribution in [1.82, 2.24) is 0 Å². The Hall–Kier alpha value is -1.36. The van der Waals surface area contributed by atoms with Gasteiger partial charge < -0.3 is 14.2 Å². The van der Waals surface area contributed by atoms with Crippen molar-refractivity contribution >= 4 is 11.9 Å². The Kier molecular flexibility index (Phi) is 2.68. The van der Waals surface area contributed by atoms with Crippen LogP contribution in [0.5, 0.6) is 0 Å². The largest absolute Gasteiger partial charge is 0.462 e. The highest BCUT2D eigenvalue weighted by Gasteiger charge is 2.79. The highest BCUT2D eigenvalue weighted by molar-refractivity contribution is 5.90. The fraction of sp³-hybridized carbons (Fsp3) is 0.765. The summed E-state index contributed by atoms with van der Waals surface area (Å²) in [5.74, 6) is -0.0507. The molecule has 2 aliphatic carbocycles. The summed E-state index contributed by atoms with van der Waals surface area (Å²) in [6, 6.07) is 0. The van der Waals surface area contributed by atoms with E-state index in [-0.39, 0.29) is 53.1 Å². The van der Waals surface area contributed by atoms with E-state index >= 15 is 0 Å². The number of fused-ring (bicyclic) bond motifs is 1. The Morgan fingerprint density at radius 1 is 1.41 bits per heavy atom. The minimum atomic E-state index is -0.303. The second-order valence-electron chi connectivity index (χ2n) is 7.59. The zero-order valence-electron chi connectivity index (χ0n) is 13.3. The van der Waals surface area contributed by atoms with Gasteiger partial charge in [-0.15, -0.1) is 0 Å². The monoisotopic (exact) mass is 306 g/mol. The zero-order valence-corrected chi connectivity index (χ0v) is 13.3. The Morgan fingerprint density at radius 2 is 2.14 bits per heavy atom. The predicted octanol–water partition coefficient (Wildman–Crippen LogP) is 1.99. The average Bonchev–Trinajstić information content (AvgIpc) is 2.82. The number of rotatable bonds is 1. The van der Waals surface area contributed by atoms with Gasteiger partial charge in [0.25, 0.3) is 0 Å². The lowest BCUT2D eigenvalue weighted by Crippen LogP contribution is -2.36. The molecule has 4 aliphatic rings. The highest BCUT2D eigenvalue weighted by atomic mass is 16.6. The second-order valence-corrected chi connectivity index (χ2v) is 7.59. The molecule has 7 atom stereocenters. The molecule has 2 saturated heterocycles. The van der Waals surface area contributed by atoms with Crippen molar-refractivity contribution < 1.29 is 23.8 Å². The molecule has 1 spiro atoms. The molecule has 0 aromatic rings. The first-order valence-corrected chi connectivity index (χ1v) is 8.04. The van der Waals surface area contributed by atoms with Crippen LogP contribution in [-0.4, -0.2) is 35.3 Å². The van der Waals surface area contributed by atoms with Crippen molar-refractivity contribution in [2.75, 3.05) is 0 Å². The van der Waals surface area contributed by atoms with Crippen LogP contribution in [0.1, 0.15) is 40.0 Å². The molecular formula is C17H22O5. The van der Waals surface area contributed by atoms with E-state index in [4.69, 9.17) is 14.2 Å². The summed E-state index contributed by atoms with van der Waals surface area (Å²) >= 11 is 0. The van der Waals surface area contributed by atoms with Crippen LogP contribution in [0.3, 0.4) is 0 Å². The first-order chi connectivity index (χ1) is 10.3. The molecule has 22 heavy (non-hydrogen) atoms. The molecule has 5 nitrogen and oxygen atoms in total. The molecule has 0 unspecified atom stereocenters. The smallest absolute Gasteiger partial charge is 0.334 e. The lowest BCUT2D eigenvalue weighted by molar-refractivity contribution is -0.152. The molecule has 0 bridgehead atoms. The van der Waals surface area contributed by atoms with Gasteiger partial charge in [-0.05, 0) is 25.7 Å². The second kappa shape index (κ2) is 4.13. The molecule has 2 aliphatic heterocycles. The Balaban J connectivity index is 1.69. The van der Waals surface area contributed by atoms with E-state index in [1.165, 1.54) is 6.92 Å². The van der Waals surface area contributed by atoms with Crippen molar-refractivity contribution in [3.63, 3.8) is 0 Å². The van der Waals surface area contributed by atoms with Crippen molar-refractivity contribution in [3.8, 4) is 0 Å². The van der Waals surface area contributed by atoms with Gasteiger partial charge in [0.05, 0.1) is 5.60 Å². The molecule has 4 rings (SSSR count). The van der Waals surface area contributed by atoms with Crippen LogP contribution >= 0.6 is 0 Å².